The summed E-state index contributed by atoms with van der Waals surface area (Å²) in [6.07, 6.45) is -3.72. The van der Waals surface area contributed by atoms with Crippen LogP contribution in [0.3, 0.4) is 0 Å². The van der Waals surface area contributed by atoms with Crippen molar-refractivity contribution in [1.29, 1.82) is 5.41 Å². The topological polar surface area (TPSA) is 184 Å². The number of alkyl halides is 3. The minimum Gasteiger partial charge on any atom is -0.480 e. The monoisotopic (exact) mass is 527 g/mol. The van der Waals surface area contributed by atoms with Gasteiger partial charge in [0.05, 0.1) is 0 Å². The lowest BCUT2D eigenvalue weighted by Gasteiger charge is -2.24. The largest absolute Gasteiger partial charge is 0.490 e. The Kier molecular flexibility index (Phi) is 9.41. The van der Waals surface area contributed by atoms with Crippen molar-refractivity contribution in [2.75, 3.05) is 6.54 Å². The molecule has 0 saturated carbocycles. The molecular weight excluding hydrogens is 503 g/mol. The van der Waals surface area contributed by atoms with Crippen molar-refractivity contribution in [3.8, 4) is 5.75 Å². The van der Waals surface area contributed by atoms with E-state index in [1.54, 1.807) is 25.1 Å². The first-order valence-electron chi connectivity index (χ1n) is 10.8. The number of carboxylic acids is 2. The number of nitrogens with two attached hydrogens (primary N) is 1. The molecular formula is C23H24F3N3O8. The number of ether oxygens (including phenoxy) is 1. The Morgan fingerprint density at radius 1 is 1.16 bits per heavy atom. The van der Waals surface area contributed by atoms with Gasteiger partial charge in [0.2, 0.25) is 11.7 Å². The highest BCUT2D eigenvalue weighted by molar-refractivity contribution is 5.95. The zero-order valence-corrected chi connectivity index (χ0v) is 19.4. The first-order chi connectivity index (χ1) is 17.2. The summed E-state index contributed by atoms with van der Waals surface area (Å²) < 4.78 is 42.5. The summed E-state index contributed by atoms with van der Waals surface area (Å²) >= 11 is 0. The highest BCUT2D eigenvalue weighted by Gasteiger charge is 2.38. The maximum atomic E-state index is 12.6. The van der Waals surface area contributed by atoms with Crippen LogP contribution in [0.25, 0.3) is 0 Å². The van der Waals surface area contributed by atoms with E-state index in [4.69, 9.17) is 30.2 Å². The standard InChI is InChI=1S/C21H23N3O6.C2HF3O2/c1-12(19(25)24-10-2-3-16(24)20(26)27)11-15-8-9-17(29-15)21(28)30-14-6-4-13(5-7-14)18(22)23;3-2(4,5)1(6)7/h4-9,12,16H,2-3,10-11H2,1H3,(H3,22,23)(H,26,27);(H,6,7)/t12?,16-;/m1./s1. The van der Waals surface area contributed by atoms with Crippen molar-refractivity contribution in [2.45, 2.75) is 38.4 Å². The number of carbonyl (C=O) groups is 4. The molecule has 1 aliphatic rings. The Hall–Kier alpha value is -4.36. The highest BCUT2D eigenvalue weighted by atomic mass is 19.4. The number of rotatable bonds is 7. The quantitative estimate of drug-likeness (QED) is 0.182. The lowest BCUT2D eigenvalue weighted by atomic mass is 10.0. The van der Waals surface area contributed by atoms with Crippen LogP contribution in [0, 0.1) is 11.3 Å². The normalized spacial score (nSPS) is 15.8. The highest BCUT2D eigenvalue weighted by Crippen LogP contribution is 2.23. The van der Waals surface area contributed by atoms with Gasteiger partial charge in [0.1, 0.15) is 23.4 Å². The van der Waals surface area contributed by atoms with Gasteiger partial charge in [-0.25, -0.2) is 14.4 Å². The Labute approximate surface area is 208 Å². The molecule has 1 aromatic carbocycles. The van der Waals surface area contributed by atoms with Gasteiger partial charge in [0.25, 0.3) is 0 Å². The molecule has 14 heteroatoms. The maximum absolute atomic E-state index is 12.6. The summed E-state index contributed by atoms with van der Waals surface area (Å²) in [7, 11) is 0. The van der Waals surface area contributed by atoms with Gasteiger partial charge < -0.3 is 30.0 Å². The Balaban J connectivity index is 0.000000604. The summed E-state index contributed by atoms with van der Waals surface area (Å²) in [6, 6.07) is 8.45. The molecule has 1 aromatic heterocycles. The van der Waals surface area contributed by atoms with Crippen molar-refractivity contribution in [2.24, 2.45) is 11.7 Å². The minimum atomic E-state index is -5.08. The van der Waals surface area contributed by atoms with Gasteiger partial charge in [0.15, 0.2) is 0 Å². The molecule has 1 amide bonds. The Bertz CT molecular complexity index is 1160. The van der Waals surface area contributed by atoms with Gasteiger partial charge >= 0.3 is 24.1 Å². The van der Waals surface area contributed by atoms with Crippen molar-refractivity contribution >= 4 is 29.7 Å². The fourth-order valence-electron chi connectivity index (χ4n) is 3.42. The van der Waals surface area contributed by atoms with Crippen LogP contribution in [0.5, 0.6) is 5.75 Å². The molecule has 2 heterocycles. The van der Waals surface area contributed by atoms with E-state index in [0.717, 1.165) is 0 Å². The second-order valence-electron chi connectivity index (χ2n) is 8.03. The van der Waals surface area contributed by atoms with Gasteiger partial charge in [-0.2, -0.15) is 13.2 Å². The number of furan rings is 1. The molecule has 3 rings (SSSR count). The number of amides is 1. The molecule has 0 bridgehead atoms. The lowest BCUT2D eigenvalue weighted by Crippen LogP contribution is -2.43. The molecule has 1 fully saturated rings. The summed E-state index contributed by atoms with van der Waals surface area (Å²) in [5, 5.41) is 23.7. The van der Waals surface area contributed by atoms with E-state index in [9.17, 15) is 32.7 Å². The number of benzene rings is 1. The molecule has 2 aromatic rings. The van der Waals surface area contributed by atoms with Crippen LogP contribution in [-0.2, 0) is 20.8 Å². The van der Waals surface area contributed by atoms with Gasteiger partial charge in [-0.05, 0) is 49.2 Å². The van der Waals surface area contributed by atoms with E-state index in [1.807, 2.05) is 0 Å². The van der Waals surface area contributed by atoms with Crippen LogP contribution >= 0.6 is 0 Å². The number of nitrogen functional groups attached to an aromatic ring is 1. The smallest absolute Gasteiger partial charge is 0.480 e. The molecule has 11 nitrogen and oxygen atoms in total. The number of carboxylic acid groups (broad SMARTS) is 2. The number of hydrogen-bond acceptors (Lipinski definition) is 7. The van der Waals surface area contributed by atoms with Gasteiger partial charge in [-0.3, -0.25) is 10.2 Å². The van der Waals surface area contributed by atoms with E-state index in [1.165, 1.54) is 23.1 Å². The summed E-state index contributed by atoms with van der Waals surface area (Å²) in [5.74, 6) is -4.56. The molecule has 2 atom stereocenters. The van der Waals surface area contributed by atoms with Gasteiger partial charge in [-0.1, -0.05) is 6.92 Å². The second-order valence-corrected chi connectivity index (χ2v) is 8.03. The van der Waals surface area contributed by atoms with E-state index in [0.29, 0.717) is 30.7 Å². The van der Waals surface area contributed by atoms with Crippen LogP contribution < -0.4 is 10.5 Å². The lowest BCUT2D eigenvalue weighted by molar-refractivity contribution is -0.192. The molecule has 1 unspecified atom stereocenters. The average molecular weight is 527 g/mol. The predicted octanol–water partition coefficient (Wildman–Crippen LogP) is 2.67. The van der Waals surface area contributed by atoms with Gasteiger partial charge in [0, 0.05) is 24.4 Å². The number of nitrogens with zero attached hydrogens (tertiary/aromatic N) is 1. The van der Waals surface area contributed by atoms with Crippen LogP contribution in [0.15, 0.2) is 40.8 Å². The maximum Gasteiger partial charge on any atom is 0.490 e. The molecule has 1 aliphatic heterocycles. The number of hydrogen-bond donors (Lipinski definition) is 4. The van der Waals surface area contributed by atoms with Gasteiger partial charge in [-0.15, -0.1) is 0 Å². The van der Waals surface area contributed by atoms with E-state index >= 15 is 0 Å². The van der Waals surface area contributed by atoms with Crippen molar-refractivity contribution in [3.63, 3.8) is 0 Å². The third-order valence-corrected chi connectivity index (χ3v) is 5.23. The third-order valence-electron chi connectivity index (χ3n) is 5.23. The fourth-order valence-corrected chi connectivity index (χ4v) is 3.42. The fraction of sp³-hybridized carbons (Fsp3) is 0.348. The Morgan fingerprint density at radius 2 is 1.76 bits per heavy atom. The summed E-state index contributed by atoms with van der Waals surface area (Å²) in [5.41, 5.74) is 5.90. The molecule has 1 saturated heterocycles. The first-order valence-corrected chi connectivity index (χ1v) is 10.8. The molecule has 0 aliphatic carbocycles. The van der Waals surface area contributed by atoms with Crippen LogP contribution in [0.1, 0.15) is 41.6 Å². The van der Waals surface area contributed by atoms with Crippen LogP contribution in [0.4, 0.5) is 13.2 Å². The number of aliphatic carboxylic acids is 2. The number of nitrogens with one attached hydrogen (secondary N) is 1. The SMILES string of the molecule is CC(Cc1ccc(C(=O)Oc2ccc(C(=N)N)cc2)o1)C(=O)N1CCC[C@@H]1C(=O)O.O=C(O)C(F)(F)F. The number of likely N-dealkylation sites (tertiary alicyclic amines) is 1. The third kappa shape index (κ3) is 8.08. The number of amidine groups is 1. The minimum absolute atomic E-state index is 0.00937. The van der Waals surface area contributed by atoms with E-state index < -0.39 is 36.0 Å². The number of halogens is 3. The van der Waals surface area contributed by atoms with Crippen LogP contribution in [-0.4, -0.2) is 63.5 Å². The summed E-state index contributed by atoms with van der Waals surface area (Å²) in [6.45, 7) is 2.13. The number of esters is 1. The molecule has 5 N–H and O–H groups in total. The predicted molar refractivity (Wildman–Crippen MR) is 120 cm³/mol. The average Bonchev–Trinajstić information content (AvgIpc) is 3.48. The Morgan fingerprint density at radius 3 is 2.27 bits per heavy atom. The van der Waals surface area contributed by atoms with Crippen molar-refractivity contribution < 1.29 is 51.7 Å². The second kappa shape index (κ2) is 12.1. The zero-order valence-electron chi connectivity index (χ0n) is 19.4. The molecule has 37 heavy (non-hydrogen) atoms. The summed E-state index contributed by atoms with van der Waals surface area (Å²) in [4.78, 5) is 46.5. The first kappa shape index (κ1) is 28.9. The van der Waals surface area contributed by atoms with Crippen LogP contribution in [0.2, 0.25) is 0 Å². The van der Waals surface area contributed by atoms with Crippen molar-refractivity contribution in [3.05, 3.63) is 53.5 Å². The van der Waals surface area contributed by atoms with E-state index in [-0.39, 0.29) is 29.7 Å². The van der Waals surface area contributed by atoms with Crippen molar-refractivity contribution in [1.82, 2.24) is 4.90 Å². The number of carbonyl (C=O) groups excluding carboxylic acids is 2. The molecule has 0 radical (unpaired) electrons. The van der Waals surface area contributed by atoms with E-state index in [2.05, 4.69) is 0 Å². The molecule has 200 valence electrons. The zero-order chi connectivity index (χ0) is 27.9. The molecule has 0 spiro atoms.